The van der Waals surface area contributed by atoms with Crippen molar-refractivity contribution in [2.45, 2.75) is 12.7 Å². The molecule has 0 aliphatic carbocycles. The summed E-state index contributed by atoms with van der Waals surface area (Å²) in [5, 5.41) is 0. The first kappa shape index (κ1) is 15.1. The van der Waals surface area contributed by atoms with Crippen molar-refractivity contribution in [3.63, 3.8) is 0 Å². The summed E-state index contributed by atoms with van der Waals surface area (Å²) in [7, 11) is 0. The highest BCUT2D eigenvalue weighted by Gasteiger charge is 2.29. The Bertz CT molecular complexity index is 813. The van der Waals surface area contributed by atoms with Crippen LogP contribution in [0.15, 0.2) is 36.9 Å². The Hall–Kier alpha value is -2.84. The van der Waals surface area contributed by atoms with Crippen LogP contribution in [-0.4, -0.2) is 26.1 Å². The number of nitrogens with two attached hydrogens (primary N) is 1. The third kappa shape index (κ3) is 3.17. The van der Waals surface area contributed by atoms with Crippen molar-refractivity contribution >= 4 is 17.0 Å². The summed E-state index contributed by atoms with van der Waals surface area (Å²) in [6.07, 6.45) is -1.45. The second kappa shape index (κ2) is 5.75. The number of hydrogen-bond donors (Lipinski definition) is 1. The van der Waals surface area contributed by atoms with Gasteiger partial charge in [-0.3, -0.25) is 0 Å². The minimum Gasteiger partial charge on any atom is -0.492 e. The summed E-state index contributed by atoms with van der Waals surface area (Å²) < 4.78 is 44.6. The SMILES string of the molecule is Nc1ncnc2c1ncn2CCOc1ccc(C(F)(F)F)cc1. The summed E-state index contributed by atoms with van der Waals surface area (Å²) in [6, 6.07) is 4.54. The predicted octanol–water partition coefficient (Wildman–Crippen LogP) is 2.51. The Balaban J connectivity index is 1.64. The van der Waals surface area contributed by atoms with E-state index in [0.717, 1.165) is 12.1 Å². The number of alkyl halides is 3. The van der Waals surface area contributed by atoms with E-state index in [1.54, 1.807) is 10.9 Å². The second-order valence-corrected chi connectivity index (χ2v) is 4.74. The van der Waals surface area contributed by atoms with E-state index in [2.05, 4.69) is 15.0 Å². The van der Waals surface area contributed by atoms with Gasteiger partial charge in [0.2, 0.25) is 0 Å². The van der Waals surface area contributed by atoms with E-state index in [-0.39, 0.29) is 12.4 Å². The van der Waals surface area contributed by atoms with Crippen molar-refractivity contribution in [3.8, 4) is 5.75 Å². The average Bonchev–Trinajstić information content (AvgIpc) is 2.92. The molecule has 23 heavy (non-hydrogen) atoms. The van der Waals surface area contributed by atoms with Gasteiger partial charge in [0.25, 0.3) is 0 Å². The summed E-state index contributed by atoms with van der Waals surface area (Å²) in [5.74, 6) is 0.647. The van der Waals surface area contributed by atoms with Crippen LogP contribution in [0.5, 0.6) is 5.75 Å². The maximum absolute atomic E-state index is 12.5. The molecular weight excluding hydrogens is 311 g/mol. The van der Waals surface area contributed by atoms with Crippen LogP contribution in [0, 0.1) is 0 Å². The molecule has 2 N–H and O–H groups in total. The topological polar surface area (TPSA) is 78.9 Å². The van der Waals surface area contributed by atoms with Gasteiger partial charge in [0, 0.05) is 0 Å². The number of halogens is 3. The number of benzene rings is 1. The molecule has 0 bridgehead atoms. The van der Waals surface area contributed by atoms with E-state index < -0.39 is 11.7 Å². The fourth-order valence-corrected chi connectivity index (χ4v) is 2.06. The lowest BCUT2D eigenvalue weighted by Crippen LogP contribution is -2.09. The predicted molar refractivity (Wildman–Crippen MR) is 76.7 cm³/mol. The van der Waals surface area contributed by atoms with Crippen LogP contribution in [0.4, 0.5) is 19.0 Å². The maximum atomic E-state index is 12.5. The first-order chi connectivity index (χ1) is 10.9. The van der Waals surface area contributed by atoms with Crippen molar-refractivity contribution in [3.05, 3.63) is 42.5 Å². The number of imidazole rings is 1. The lowest BCUT2D eigenvalue weighted by Gasteiger charge is -2.09. The number of ether oxygens (including phenoxy) is 1. The zero-order valence-corrected chi connectivity index (χ0v) is 11.8. The Kier molecular flexibility index (Phi) is 3.77. The van der Waals surface area contributed by atoms with E-state index in [9.17, 15) is 13.2 Å². The van der Waals surface area contributed by atoms with Gasteiger partial charge < -0.3 is 15.0 Å². The standard InChI is InChI=1S/C14H12F3N5O/c15-14(16,17)9-1-3-10(4-2-9)23-6-5-22-8-21-11-12(18)19-7-20-13(11)22/h1-4,7-8H,5-6H2,(H2,18,19,20). The molecule has 0 aliphatic heterocycles. The number of hydrogen-bond acceptors (Lipinski definition) is 5. The first-order valence-electron chi connectivity index (χ1n) is 6.66. The molecule has 0 spiro atoms. The highest BCUT2D eigenvalue weighted by molar-refractivity contribution is 5.81. The minimum atomic E-state index is -4.35. The molecular formula is C14H12F3N5O. The molecule has 0 atom stereocenters. The molecule has 9 heteroatoms. The zero-order chi connectivity index (χ0) is 16.4. The maximum Gasteiger partial charge on any atom is 0.416 e. The van der Waals surface area contributed by atoms with Gasteiger partial charge in [-0.05, 0) is 24.3 Å². The average molecular weight is 323 g/mol. The Morgan fingerprint density at radius 3 is 2.52 bits per heavy atom. The molecule has 0 amide bonds. The normalized spacial score (nSPS) is 11.8. The fraction of sp³-hybridized carbons (Fsp3) is 0.214. The molecule has 120 valence electrons. The quantitative estimate of drug-likeness (QED) is 0.798. The second-order valence-electron chi connectivity index (χ2n) is 4.74. The van der Waals surface area contributed by atoms with Gasteiger partial charge in [-0.15, -0.1) is 0 Å². The lowest BCUT2D eigenvalue weighted by molar-refractivity contribution is -0.137. The number of nitrogen functional groups attached to an aromatic ring is 1. The van der Waals surface area contributed by atoms with Crippen molar-refractivity contribution in [2.75, 3.05) is 12.3 Å². The largest absolute Gasteiger partial charge is 0.492 e. The van der Waals surface area contributed by atoms with Gasteiger partial charge >= 0.3 is 6.18 Å². The van der Waals surface area contributed by atoms with Gasteiger partial charge in [-0.1, -0.05) is 0 Å². The van der Waals surface area contributed by atoms with Gasteiger partial charge in [-0.2, -0.15) is 13.2 Å². The smallest absolute Gasteiger partial charge is 0.416 e. The number of fused-ring (bicyclic) bond motifs is 1. The van der Waals surface area contributed by atoms with Gasteiger partial charge in [0.1, 0.15) is 24.2 Å². The van der Waals surface area contributed by atoms with Crippen molar-refractivity contribution in [2.24, 2.45) is 0 Å². The molecule has 0 aliphatic rings. The monoisotopic (exact) mass is 323 g/mol. The summed E-state index contributed by atoms with van der Waals surface area (Å²) in [6.45, 7) is 0.675. The number of anilines is 1. The molecule has 6 nitrogen and oxygen atoms in total. The van der Waals surface area contributed by atoms with Gasteiger partial charge in [0.15, 0.2) is 11.5 Å². The molecule has 1 aromatic carbocycles. The van der Waals surface area contributed by atoms with Crippen molar-refractivity contribution < 1.29 is 17.9 Å². The molecule has 2 aromatic heterocycles. The number of nitrogens with zero attached hydrogens (tertiary/aromatic N) is 4. The van der Waals surface area contributed by atoms with Crippen LogP contribution in [0.3, 0.4) is 0 Å². The van der Waals surface area contributed by atoms with Gasteiger partial charge in [-0.25, -0.2) is 15.0 Å². The van der Waals surface area contributed by atoms with Crippen LogP contribution >= 0.6 is 0 Å². The highest BCUT2D eigenvalue weighted by Crippen LogP contribution is 2.30. The summed E-state index contributed by atoms with van der Waals surface area (Å²) >= 11 is 0. The lowest BCUT2D eigenvalue weighted by atomic mass is 10.2. The molecule has 2 heterocycles. The Morgan fingerprint density at radius 2 is 1.83 bits per heavy atom. The minimum absolute atomic E-state index is 0.251. The van der Waals surface area contributed by atoms with E-state index >= 15 is 0 Å². The van der Waals surface area contributed by atoms with Crippen LogP contribution < -0.4 is 10.5 Å². The van der Waals surface area contributed by atoms with Crippen LogP contribution in [-0.2, 0) is 12.7 Å². The Morgan fingerprint density at radius 1 is 1.09 bits per heavy atom. The fourth-order valence-electron chi connectivity index (χ4n) is 2.06. The summed E-state index contributed by atoms with van der Waals surface area (Å²) in [4.78, 5) is 12.1. The van der Waals surface area contributed by atoms with E-state index in [0.29, 0.717) is 23.5 Å². The first-order valence-corrected chi connectivity index (χ1v) is 6.66. The number of rotatable bonds is 4. The third-order valence-electron chi connectivity index (χ3n) is 3.21. The van der Waals surface area contributed by atoms with E-state index in [1.807, 2.05) is 0 Å². The van der Waals surface area contributed by atoms with Gasteiger partial charge in [0.05, 0.1) is 18.4 Å². The van der Waals surface area contributed by atoms with Crippen LogP contribution in [0.1, 0.15) is 5.56 Å². The van der Waals surface area contributed by atoms with Crippen LogP contribution in [0.25, 0.3) is 11.2 Å². The Labute approximate surface area is 128 Å². The van der Waals surface area contributed by atoms with Crippen molar-refractivity contribution in [1.29, 1.82) is 0 Å². The van der Waals surface area contributed by atoms with Crippen molar-refractivity contribution in [1.82, 2.24) is 19.5 Å². The molecule has 0 unspecified atom stereocenters. The zero-order valence-electron chi connectivity index (χ0n) is 11.8. The summed E-state index contributed by atoms with van der Waals surface area (Å²) in [5.41, 5.74) is 6.06. The molecule has 0 saturated carbocycles. The van der Waals surface area contributed by atoms with Crippen LogP contribution in [0.2, 0.25) is 0 Å². The number of aromatic nitrogens is 4. The molecule has 3 aromatic rings. The van der Waals surface area contributed by atoms with E-state index in [4.69, 9.17) is 10.5 Å². The van der Waals surface area contributed by atoms with E-state index in [1.165, 1.54) is 18.5 Å². The molecule has 3 rings (SSSR count). The molecule has 0 saturated heterocycles. The molecule has 0 radical (unpaired) electrons. The molecule has 0 fully saturated rings. The highest BCUT2D eigenvalue weighted by atomic mass is 19.4. The third-order valence-corrected chi connectivity index (χ3v) is 3.21.